The summed E-state index contributed by atoms with van der Waals surface area (Å²) in [5, 5.41) is 76.5. The molecular weight excluding hydrogens is 332 g/mol. The number of aliphatic hydroxyl groups excluding tert-OH is 8. The Hall–Kier alpha value is -0.440. The number of aliphatic hydroxyl groups is 8. The second-order valence-electron chi connectivity index (χ2n) is 5.53. The lowest BCUT2D eigenvalue weighted by atomic mass is 9.97. The molecule has 0 aromatic carbocycles. The molecule has 2 fully saturated rings. The molecule has 0 radical (unpaired) electrons. The van der Waals surface area contributed by atoms with Crippen molar-refractivity contribution in [1.29, 1.82) is 0 Å². The van der Waals surface area contributed by atoms with E-state index >= 15 is 0 Å². The zero-order valence-corrected chi connectivity index (χ0v) is 12.0. The normalized spacial score (nSPS) is 49.5. The van der Waals surface area contributed by atoms with Crippen LogP contribution in [0.2, 0.25) is 0 Å². The first kappa shape index (κ1) is 21.6. The molecule has 2 saturated heterocycles. The van der Waals surface area contributed by atoms with Gasteiger partial charge in [-0.3, -0.25) is 0 Å². The molecule has 2 heterocycles. The number of rotatable bonds is 4. The Balaban J connectivity index is 0.00000288. The number of hydrogen-bond acceptors (Lipinski definition) is 11. The van der Waals surface area contributed by atoms with Gasteiger partial charge in [0.05, 0.1) is 13.2 Å². The van der Waals surface area contributed by atoms with Crippen LogP contribution in [0.1, 0.15) is 7.43 Å². The average molecular weight is 358 g/mol. The van der Waals surface area contributed by atoms with Gasteiger partial charge in [0.1, 0.15) is 48.8 Å². The highest BCUT2D eigenvalue weighted by molar-refractivity contribution is 4.93. The zero-order chi connectivity index (χ0) is 17.3. The molecule has 2 aliphatic rings. The van der Waals surface area contributed by atoms with Gasteiger partial charge in [-0.2, -0.15) is 0 Å². The van der Waals surface area contributed by atoms with Crippen molar-refractivity contribution < 1.29 is 55.1 Å². The van der Waals surface area contributed by atoms with E-state index in [1.165, 1.54) is 0 Å². The van der Waals surface area contributed by atoms with E-state index < -0.39 is 74.6 Å². The minimum absolute atomic E-state index is 0. The van der Waals surface area contributed by atoms with Gasteiger partial charge in [-0.15, -0.1) is 0 Å². The maximum Gasteiger partial charge on any atom is 0.187 e. The van der Waals surface area contributed by atoms with Gasteiger partial charge in [0, 0.05) is 0 Å². The molecule has 11 heteroatoms. The molecule has 8 N–H and O–H groups in total. The SMILES string of the molecule is C.OCC1OC(OC2C(CO)OC(O)C(O)C2O)C(O)C(O)C1O. The van der Waals surface area contributed by atoms with Crippen LogP contribution < -0.4 is 0 Å². The van der Waals surface area contributed by atoms with E-state index in [1.807, 2.05) is 0 Å². The van der Waals surface area contributed by atoms with E-state index in [2.05, 4.69) is 0 Å². The van der Waals surface area contributed by atoms with Crippen molar-refractivity contribution in [3.8, 4) is 0 Å². The first-order chi connectivity index (χ1) is 10.8. The van der Waals surface area contributed by atoms with Crippen molar-refractivity contribution >= 4 is 0 Å². The van der Waals surface area contributed by atoms with E-state index in [-0.39, 0.29) is 7.43 Å². The Bertz CT molecular complexity index is 379. The van der Waals surface area contributed by atoms with Gasteiger partial charge in [0.25, 0.3) is 0 Å². The van der Waals surface area contributed by atoms with Crippen LogP contribution in [0.25, 0.3) is 0 Å². The van der Waals surface area contributed by atoms with Crippen LogP contribution in [0.15, 0.2) is 0 Å². The third kappa shape index (κ3) is 4.03. The molecule has 0 spiro atoms. The summed E-state index contributed by atoms with van der Waals surface area (Å²) >= 11 is 0. The molecule has 0 aromatic heterocycles. The highest BCUT2D eigenvalue weighted by Crippen LogP contribution is 2.28. The lowest BCUT2D eigenvalue weighted by molar-refractivity contribution is -0.355. The topological polar surface area (TPSA) is 190 Å². The molecule has 0 aromatic rings. The summed E-state index contributed by atoms with van der Waals surface area (Å²) < 4.78 is 15.3. The minimum atomic E-state index is -1.74. The maximum atomic E-state index is 9.94. The first-order valence-corrected chi connectivity index (χ1v) is 7.08. The van der Waals surface area contributed by atoms with Crippen molar-refractivity contribution in [3.05, 3.63) is 0 Å². The monoisotopic (exact) mass is 358 g/mol. The second-order valence-corrected chi connectivity index (χ2v) is 5.53. The fourth-order valence-corrected chi connectivity index (χ4v) is 2.57. The van der Waals surface area contributed by atoms with E-state index in [0.717, 1.165) is 0 Å². The molecule has 0 amide bonds. The van der Waals surface area contributed by atoms with Gasteiger partial charge in [0.2, 0.25) is 0 Å². The van der Waals surface area contributed by atoms with Crippen LogP contribution in [-0.2, 0) is 14.2 Å². The molecular formula is C13H26O11. The largest absolute Gasteiger partial charge is 0.394 e. The molecule has 0 saturated carbocycles. The summed E-state index contributed by atoms with van der Waals surface area (Å²) in [6.45, 7) is -1.35. The van der Waals surface area contributed by atoms with Crippen LogP contribution in [0.4, 0.5) is 0 Å². The molecule has 0 bridgehead atoms. The van der Waals surface area contributed by atoms with Crippen LogP contribution in [0.5, 0.6) is 0 Å². The number of ether oxygens (including phenoxy) is 3. The summed E-state index contributed by atoms with van der Waals surface area (Å²) in [6, 6.07) is 0. The van der Waals surface area contributed by atoms with Crippen molar-refractivity contribution in [3.63, 3.8) is 0 Å². The predicted molar refractivity (Wildman–Crippen MR) is 75.4 cm³/mol. The minimum Gasteiger partial charge on any atom is -0.394 e. The molecule has 24 heavy (non-hydrogen) atoms. The summed E-state index contributed by atoms with van der Waals surface area (Å²) in [4.78, 5) is 0. The van der Waals surface area contributed by atoms with Crippen LogP contribution in [0, 0.1) is 0 Å². The Morgan fingerprint density at radius 3 is 1.79 bits per heavy atom. The summed E-state index contributed by atoms with van der Waals surface area (Å²) in [6.07, 6.45) is -15.6. The van der Waals surface area contributed by atoms with Gasteiger partial charge in [-0.05, 0) is 0 Å². The van der Waals surface area contributed by atoms with E-state index in [1.54, 1.807) is 0 Å². The van der Waals surface area contributed by atoms with Crippen molar-refractivity contribution in [1.82, 2.24) is 0 Å². The number of hydrogen-bond donors (Lipinski definition) is 8. The average Bonchev–Trinajstić information content (AvgIpc) is 2.55. The van der Waals surface area contributed by atoms with Crippen molar-refractivity contribution in [2.75, 3.05) is 13.2 Å². The molecule has 0 aliphatic carbocycles. The van der Waals surface area contributed by atoms with Crippen LogP contribution >= 0.6 is 0 Å². The van der Waals surface area contributed by atoms with Gasteiger partial charge in [-0.25, -0.2) is 0 Å². The molecule has 10 unspecified atom stereocenters. The predicted octanol–water partition coefficient (Wildman–Crippen LogP) is -4.76. The Morgan fingerprint density at radius 2 is 1.25 bits per heavy atom. The summed E-state index contributed by atoms with van der Waals surface area (Å²) in [5.74, 6) is 0. The second kappa shape index (κ2) is 8.78. The lowest BCUT2D eigenvalue weighted by Gasteiger charge is -2.45. The van der Waals surface area contributed by atoms with Gasteiger partial charge in [-0.1, -0.05) is 7.43 Å². The molecule has 10 atom stereocenters. The Kier molecular flexibility index (Phi) is 7.90. The highest BCUT2D eigenvalue weighted by Gasteiger charge is 2.50. The van der Waals surface area contributed by atoms with E-state index in [0.29, 0.717) is 0 Å². The molecule has 2 rings (SSSR count). The molecule has 2 aliphatic heterocycles. The first-order valence-electron chi connectivity index (χ1n) is 7.08. The van der Waals surface area contributed by atoms with Crippen molar-refractivity contribution in [2.45, 2.75) is 68.8 Å². The highest BCUT2D eigenvalue weighted by atomic mass is 16.7. The van der Waals surface area contributed by atoms with Gasteiger partial charge in [0.15, 0.2) is 12.6 Å². The molecule has 144 valence electrons. The van der Waals surface area contributed by atoms with Crippen molar-refractivity contribution in [2.24, 2.45) is 0 Å². The third-order valence-electron chi connectivity index (χ3n) is 3.98. The zero-order valence-electron chi connectivity index (χ0n) is 12.0. The smallest absolute Gasteiger partial charge is 0.187 e. The summed E-state index contributed by atoms with van der Waals surface area (Å²) in [5.41, 5.74) is 0. The Morgan fingerprint density at radius 1 is 0.667 bits per heavy atom. The van der Waals surface area contributed by atoms with Crippen LogP contribution in [0.3, 0.4) is 0 Å². The standard InChI is InChI=1S/C12H22O11.CH4/c13-1-3-5(15)6(16)9(19)12(22-3)23-10-4(2-14)21-11(20)8(18)7(10)17;/h3-20H,1-2H2;1H4. The lowest BCUT2D eigenvalue weighted by Crippen LogP contribution is -2.64. The fraction of sp³-hybridized carbons (Fsp3) is 1.00. The fourth-order valence-electron chi connectivity index (χ4n) is 2.57. The van der Waals surface area contributed by atoms with Gasteiger partial charge < -0.3 is 55.1 Å². The Labute approximate surface area is 138 Å². The van der Waals surface area contributed by atoms with Crippen LogP contribution in [-0.4, -0.2) is 115 Å². The van der Waals surface area contributed by atoms with E-state index in [9.17, 15) is 35.7 Å². The maximum absolute atomic E-state index is 9.94. The third-order valence-corrected chi connectivity index (χ3v) is 3.98. The molecule has 11 nitrogen and oxygen atoms in total. The quantitative estimate of drug-likeness (QED) is 0.241. The summed E-state index contributed by atoms with van der Waals surface area (Å²) in [7, 11) is 0. The van der Waals surface area contributed by atoms with Gasteiger partial charge >= 0.3 is 0 Å². The van der Waals surface area contributed by atoms with E-state index in [4.69, 9.17) is 19.3 Å².